The van der Waals surface area contributed by atoms with Gasteiger partial charge in [-0.2, -0.15) is 0 Å². The van der Waals surface area contributed by atoms with Crippen LogP contribution in [0.4, 0.5) is 17.1 Å². The van der Waals surface area contributed by atoms with Crippen LogP contribution in [0, 0.1) is 0 Å². The third-order valence-corrected chi connectivity index (χ3v) is 11.1. The molecule has 0 amide bonds. The maximum Gasteiger partial charge on any atom is 0.0562 e. The molecule has 51 heavy (non-hydrogen) atoms. The van der Waals surface area contributed by atoms with Crippen LogP contribution >= 0.6 is 11.3 Å². The first-order chi connectivity index (χ1) is 25.3. The fraction of sp³-hybridized carbons (Fsp3) is 0. The highest BCUT2D eigenvalue weighted by Crippen LogP contribution is 2.44. The highest BCUT2D eigenvalue weighted by Gasteiger charge is 2.20. The van der Waals surface area contributed by atoms with Crippen molar-refractivity contribution < 1.29 is 0 Å². The van der Waals surface area contributed by atoms with Gasteiger partial charge in [-0.05, 0) is 82.9 Å². The first kappa shape index (κ1) is 29.5. The van der Waals surface area contributed by atoms with Crippen LogP contribution in [0.5, 0.6) is 0 Å². The number of thiophene rings is 1. The van der Waals surface area contributed by atoms with Crippen molar-refractivity contribution in [1.82, 2.24) is 4.57 Å². The molecular formula is C48H32N2S. The third-order valence-electron chi connectivity index (χ3n) is 9.99. The maximum atomic E-state index is 2.42. The Labute approximate surface area is 300 Å². The summed E-state index contributed by atoms with van der Waals surface area (Å²) in [5.41, 5.74) is 11.8. The molecule has 0 bridgehead atoms. The van der Waals surface area contributed by atoms with Crippen molar-refractivity contribution in [3.8, 4) is 27.9 Å². The normalized spacial score (nSPS) is 11.5. The Bertz CT molecular complexity index is 2830. The summed E-state index contributed by atoms with van der Waals surface area (Å²) in [5.74, 6) is 0. The lowest BCUT2D eigenvalue weighted by Crippen LogP contribution is -2.09. The second-order valence-corrected chi connectivity index (χ2v) is 14.0. The number of aromatic nitrogens is 1. The molecule has 0 aliphatic heterocycles. The van der Waals surface area contributed by atoms with Crippen LogP contribution in [0.2, 0.25) is 0 Å². The number of rotatable bonds is 6. The van der Waals surface area contributed by atoms with Crippen molar-refractivity contribution in [1.29, 1.82) is 0 Å². The number of anilines is 3. The van der Waals surface area contributed by atoms with Crippen molar-refractivity contribution in [3.63, 3.8) is 0 Å². The van der Waals surface area contributed by atoms with Crippen LogP contribution in [0.25, 0.3) is 69.9 Å². The fourth-order valence-electron chi connectivity index (χ4n) is 7.64. The molecule has 2 aromatic heterocycles. The van der Waals surface area contributed by atoms with E-state index in [9.17, 15) is 0 Å². The summed E-state index contributed by atoms with van der Waals surface area (Å²) >= 11 is 1.86. The predicted octanol–water partition coefficient (Wildman–Crippen LogP) is 14.0. The van der Waals surface area contributed by atoms with Gasteiger partial charge in [-0.25, -0.2) is 0 Å². The van der Waals surface area contributed by atoms with E-state index < -0.39 is 0 Å². The molecule has 0 aliphatic carbocycles. The lowest BCUT2D eigenvalue weighted by Gasteiger charge is -2.26. The number of hydrogen-bond donors (Lipinski definition) is 0. The van der Waals surface area contributed by atoms with Gasteiger partial charge in [-0.15, -0.1) is 11.3 Å². The van der Waals surface area contributed by atoms with E-state index in [1.165, 1.54) is 64.2 Å². The maximum absolute atomic E-state index is 2.42. The molecule has 0 aliphatic rings. The van der Waals surface area contributed by atoms with Gasteiger partial charge in [0.1, 0.15) is 0 Å². The molecule has 3 heteroatoms. The molecule has 8 aromatic carbocycles. The average Bonchev–Trinajstić information content (AvgIpc) is 3.74. The van der Waals surface area contributed by atoms with Crippen LogP contribution in [0.15, 0.2) is 194 Å². The van der Waals surface area contributed by atoms with Gasteiger partial charge in [-0.1, -0.05) is 133 Å². The molecule has 0 N–H and O–H groups in total. The minimum atomic E-state index is 1.11. The number of nitrogens with zero attached hydrogens (tertiary/aromatic N) is 2. The number of fused-ring (bicyclic) bond motifs is 6. The minimum absolute atomic E-state index is 1.11. The smallest absolute Gasteiger partial charge is 0.0562 e. The molecule has 2 nitrogen and oxygen atoms in total. The van der Waals surface area contributed by atoms with Crippen molar-refractivity contribution in [2.45, 2.75) is 0 Å². The zero-order valence-electron chi connectivity index (χ0n) is 27.8. The SMILES string of the molecule is c1ccc(-c2ccc(-c3cccc4c3c3ccc(N(c5ccccc5)c5ccc6c(c5)sc5ccccc56)cc3n4-c3ccccc3)cc2)cc1. The van der Waals surface area contributed by atoms with Crippen molar-refractivity contribution >= 4 is 70.4 Å². The highest BCUT2D eigenvalue weighted by molar-refractivity contribution is 7.25. The third kappa shape index (κ3) is 5.01. The van der Waals surface area contributed by atoms with E-state index in [2.05, 4.69) is 204 Å². The lowest BCUT2D eigenvalue weighted by atomic mass is 9.97. The highest BCUT2D eigenvalue weighted by atomic mass is 32.1. The Morgan fingerprint density at radius 3 is 1.76 bits per heavy atom. The minimum Gasteiger partial charge on any atom is -0.310 e. The van der Waals surface area contributed by atoms with Gasteiger partial charge in [0, 0.05) is 53.7 Å². The molecule has 0 radical (unpaired) electrons. The molecule has 10 rings (SSSR count). The molecular weight excluding hydrogens is 637 g/mol. The first-order valence-electron chi connectivity index (χ1n) is 17.4. The van der Waals surface area contributed by atoms with Crippen molar-refractivity contribution in [3.05, 3.63) is 194 Å². The van der Waals surface area contributed by atoms with E-state index in [4.69, 9.17) is 0 Å². The quantitative estimate of drug-likeness (QED) is 0.171. The molecule has 0 fully saturated rings. The topological polar surface area (TPSA) is 8.17 Å². The van der Waals surface area contributed by atoms with Crippen LogP contribution in [-0.4, -0.2) is 4.57 Å². The lowest BCUT2D eigenvalue weighted by molar-refractivity contribution is 1.18. The summed E-state index contributed by atoms with van der Waals surface area (Å²) in [4.78, 5) is 2.39. The summed E-state index contributed by atoms with van der Waals surface area (Å²) in [6.45, 7) is 0. The Kier molecular flexibility index (Phi) is 7.04. The monoisotopic (exact) mass is 668 g/mol. The van der Waals surface area contributed by atoms with E-state index in [1.807, 2.05) is 11.3 Å². The van der Waals surface area contributed by atoms with Gasteiger partial charge in [0.05, 0.1) is 11.0 Å². The Hall–Kier alpha value is -6.42. The molecule has 0 spiro atoms. The molecule has 10 aromatic rings. The van der Waals surface area contributed by atoms with E-state index in [0.29, 0.717) is 0 Å². The van der Waals surface area contributed by atoms with Gasteiger partial charge in [0.25, 0.3) is 0 Å². The summed E-state index contributed by atoms with van der Waals surface area (Å²) in [6.07, 6.45) is 0. The Morgan fingerprint density at radius 1 is 0.373 bits per heavy atom. The van der Waals surface area contributed by atoms with E-state index in [1.54, 1.807) is 0 Å². The second kappa shape index (κ2) is 12.2. The standard InChI is InChI=1S/C48H32N2S/c1-4-13-33(14-5-1)34-23-25-35(26-24-34)40-20-12-21-44-48(40)43-30-28-38(31-45(43)50(44)37-17-8-3-9-18-37)49(36-15-6-2-7-16-36)39-27-29-42-41-19-10-11-22-46(41)51-47(42)32-39/h1-32H. The van der Waals surface area contributed by atoms with Crippen LogP contribution in [-0.2, 0) is 0 Å². The molecule has 0 unspecified atom stereocenters. The summed E-state index contributed by atoms with van der Waals surface area (Å²) < 4.78 is 5.03. The summed E-state index contributed by atoms with van der Waals surface area (Å²) in [7, 11) is 0. The van der Waals surface area contributed by atoms with Crippen LogP contribution in [0.3, 0.4) is 0 Å². The predicted molar refractivity (Wildman–Crippen MR) is 219 cm³/mol. The summed E-state index contributed by atoms with van der Waals surface area (Å²) in [6, 6.07) is 70.4. The van der Waals surface area contributed by atoms with Gasteiger partial charge < -0.3 is 9.47 Å². The van der Waals surface area contributed by atoms with E-state index in [0.717, 1.165) is 22.7 Å². The molecule has 2 heterocycles. The molecule has 0 atom stereocenters. The average molecular weight is 669 g/mol. The zero-order chi connectivity index (χ0) is 33.7. The van der Waals surface area contributed by atoms with E-state index >= 15 is 0 Å². The molecule has 240 valence electrons. The Balaban J connectivity index is 1.19. The van der Waals surface area contributed by atoms with Crippen LogP contribution in [0.1, 0.15) is 0 Å². The fourth-order valence-corrected chi connectivity index (χ4v) is 8.78. The van der Waals surface area contributed by atoms with Crippen molar-refractivity contribution in [2.24, 2.45) is 0 Å². The zero-order valence-corrected chi connectivity index (χ0v) is 28.6. The second-order valence-electron chi connectivity index (χ2n) is 13.0. The number of para-hydroxylation sites is 2. The molecule has 0 saturated heterocycles. The van der Waals surface area contributed by atoms with Gasteiger partial charge in [-0.3, -0.25) is 0 Å². The largest absolute Gasteiger partial charge is 0.310 e. The van der Waals surface area contributed by atoms with Gasteiger partial charge >= 0.3 is 0 Å². The van der Waals surface area contributed by atoms with Crippen molar-refractivity contribution in [2.75, 3.05) is 4.90 Å². The van der Waals surface area contributed by atoms with Gasteiger partial charge in [0.2, 0.25) is 0 Å². The Morgan fingerprint density at radius 2 is 0.980 bits per heavy atom. The first-order valence-corrected chi connectivity index (χ1v) is 18.2. The number of benzene rings is 8. The van der Waals surface area contributed by atoms with Gasteiger partial charge in [0.15, 0.2) is 0 Å². The number of hydrogen-bond acceptors (Lipinski definition) is 2. The van der Waals surface area contributed by atoms with Crippen LogP contribution < -0.4 is 4.90 Å². The van der Waals surface area contributed by atoms with E-state index in [-0.39, 0.29) is 0 Å². The molecule has 0 saturated carbocycles. The summed E-state index contributed by atoms with van der Waals surface area (Å²) in [5, 5.41) is 5.10.